The summed E-state index contributed by atoms with van der Waals surface area (Å²) in [6, 6.07) is 2.95. The molecule has 0 bridgehead atoms. The van der Waals surface area contributed by atoms with E-state index in [1.54, 1.807) is 0 Å². The van der Waals surface area contributed by atoms with E-state index >= 15 is 0 Å². The van der Waals surface area contributed by atoms with Crippen LogP contribution in [-0.2, 0) is 4.79 Å². The van der Waals surface area contributed by atoms with Crippen LogP contribution in [0.2, 0.25) is 5.02 Å². The van der Waals surface area contributed by atoms with Crippen molar-refractivity contribution >= 4 is 17.6 Å². The van der Waals surface area contributed by atoms with E-state index in [0.29, 0.717) is 13.1 Å². The maximum atomic E-state index is 13.8. The molecule has 0 aromatic heterocycles. The van der Waals surface area contributed by atoms with Crippen LogP contribution in [0.25, 0.3) is 0 Å². The van der Waals surface area contributed by atoms with Crippen LogP contribution >= 0.6 is 11.6 Å². The highest BCUT2D eigenvalue weighted by Crippen LogP contribution is 2.21. The minimum Gasteiger partial charge on any atom is -0.480 e. The number of carbonyl (C=O) groups is 1. The Bertz CT molecular complexity index is 453. The van der Waals surface area contributed by atoms with Gasteiger partial charge in [0.1, 0.15) is 11.9 Å². The Morgan fingerprint density at radius 2 is 2.10 bits per heavy atom. The SMILES string of the molecule is CCN(CC)CCNC(C(=O)O)c1ccc(Cl)cc1F. The van der Waals surface area contributed by atoms with E-state index in [0.717, 1.165) is 19.2 Å². The molecule has 6 heteroatoms. The molecule has 2 N–H and O–H groups in total. The smallest absolute Gasteiger partial charge is 0.325 e. The molecular weight excluding hydrogens is 283 g/mol. The molecule has 0 heterocycles. The minimum atomic E-state index is -1.11. The second kappa shape index (κ2) is 8.19. The Kier molecular flexibility index (Phi) is 6.91. The van der Waals surface area contributed by atoms with Crippen molar-refractivity contribution in [1.29, 1.82) is 0 Å². The van der Waals surface area contributed by atoms with E-state index in [9.17, 15) is 14.3 Å². The van der Waals surface area contributed by atoms with E-state index in [4.69, 9.17) is 11.6 Å². The summed E-state index contributed by atoms with van der Waals surface area (Å²) in [4.78, 5) is 13.4. The van der Waals surface area contributed by atoms with Crippen molar-refractivity contribution in [3.63, 3.8) is 0 Å². The van der Waals surface area contributed by atoms with Gasteiger partial charge < -0.3 is 10.0 Å². The standard InChI is InChI=1S/C14H20ClFN2O2/c1-3-18(4-2)8-7-17-13(14(19)20)11-6-5-10(15)9-12(11)16/h5-6,9,13,17H,3-4,7-8H2,1-2H3,(H,19,20). The van der Waals surface area contributed by atoms with Gasteiger partial charge in [-0.2, -0.15) is 0 Å². The average molecular weight is 303 g/mol. The van der Waals surface area contributed by atoms with Crippen molar-refractivity contribution in [2.45, 2.75) is 19.9 Å². The van der Waals surface area contributed by atoms with E-state index in [1.807, 2.05) is 13.8 Å². The number of nitrogens with zero attached hydrogens (tertiary/aromatic N) is 1. The maximum absolute atomic E-state index is 13.8. The summed E-state index contributed by atoms with van der Waals surface area (Å²) in [5, 5.41) is 12.3. The molecule has 0 amide bonds. The summed E-state index contributed by atoms with van der Waals surface area (Å²) in [7, 11) is 0. The zero-order valence-electron chi connectivity index (χ0n) is 11.7. The minimum absolute atomic E-state index is 0.0986. The van der Waals surface area contributed by atoms with E-state index in [1.165, 1.54) is 12.1 Å². The van der Waals surface area contributed by atoms with Crippen LogP contribution in [-0.4, -0.2) is 42.2 Å². The van der Waals surface area contributed by atoms with Crippen molar-refractivity contribution in [2.24, 2.45) is 0 Å². The van der Waals surface area contributed by atoms with Crippen molar-refractivity contribution in [2.75, 3.05) is 26.2 Å². The molecule has 0 fully saturated rings. The second-order valence-electron chi connectivity index (χ2n) is 4.42. The third-order valence-electron chi connectivity index (χ3n) is 3.19. The first kappa shape index (κ1) is 16.9. The van der Waals surface area contributed by atoms with Gasteiger partial charge in [0.2, 0.25) is 0 Å². The lowest BCUT2D eigenvalue weighted by Gasteiger charge is -2.21. The summed E-state index contributed by atoms with van der Waals surface area (Å²) in [6.45, 7) is 7.05. The van der Waals surface area contributed by atoms with Crippen LogP contribution in [0.15, 0.2) is 18.2 Å². The molecule has 1 unspecified atom stereocenters. The van der Waals surface area contributed by atoms with Gasteiger partial charge in [0.05, 0.1) is 0 Å². The molecule has 1 aromatic rings. The number of benzene rings is 1. The summed E-state index contributed by atoms with van der Waals surface area (Å²) in [6.07, 6.45) is 0. The van der Waals surface area contributed by atoms with Crippen LogP contribution in [0.3, 0.4) is 0 Å². The van der Waals surface area contributed by atoms with Crippen LogP contribution in [0.1, 0.15) is 25.5 Å². The van der Waals surface area contributed by atoms with Gasteiger partial charge in [-0.3, -0.25) is 10.1 Å². The number of hydrogen-bond donors (Lipinski definition) is 2. The lowest BCUT2D eigenvalue weighted by molar-refractivity contribution is -0.139. The first-order valence-electron chi connectivity index (χ1n) is 6.63. The van der Waals surface area contributed by atoms with Crippen LogP contribution in [0.4, 0.5) is 4.39 Å². The molecule has 1 aromatic carbocycles. The number of hydrogen-bond acceptors (Lipinski definition) is 3. The lowest BCUT2D eigenvalue weighted by atomic mass is 10.1. The summed E-state index contributed by atoms with van der Waals surface area (Å²) >= 11 is 5.67. The molecule has 1 rings (SSSR count). The zero-order valence-corrected chi connectivity index (χ0v) is 12.5. The van der Waals surface area contributed by atoms with Crippen molar-refractivity contribution in [3.05, 3.63) is 34.6 Å². The summed E-state index contributed by atoms with van der Waals surface area (Å²) < 4.78 is 13.8. The highest BCUT2D eigenvalue weighted by Gasteiger charge is 2.22. The summed E-state index contributed by atoms with van der Waals surface area (Å²) in [5.74, 6) is -1.72. The fraction of sp³-hybridized carbons (Fsp3) is 0.500. The Morgan fingerprint density at radius 3 is 2.60 bits per heavy atom. The normalized spacial score (nSPS) is 12.7. The van der Waals surface area contributed by atoms with E-state index in [-0.39, 0.29) is 10.6 Å². The van der Waals surface area contributed by atoms with Crippen molar-refractivity contribution in [1.82, 2.24) is 10.2 Å². The maximum Gasteiger partial charge on any atom is 0.325 e. The van der Waals surface area contributed by atoms with Crippen LogP contribution < -0.4 is 5.32 Å². The fourth-order valence-electron chi connectivity index (χ4n) is 1.97. The van der Waals surface area contributed by atoms with E-state index < -0.39 is 17.8 Å². The fourth-order valence-corrected chi connectivity index (χ4v) is 2.13. The lowest BCUT2D eigenvalue weighted by Crippen LogP contribution is -2.36. The van der Waals surface area contributed by atoms with Gasteiger partial charge in [-0.15, -0.1) is 0 Å². The Balaban J connectivity index is 2.72. The zero-order chi connectivity index (χ0) is 15.1. The molecule has 0 aliphatic rings. The number of carboxylic acids is 1. The van der Waals surface area contributed by atoms with Gasteiger partial charge >= 0.3 is 5.97 Å². The van der Waals surface area contributed by atoms with Gasteiger partial charge in [0.15, 0.2) is 0 Å². The van der Waals surface area contributed by atoms with Crippen LogP contribution in [0, 0.1) is 5.82 Å². The number of nitrogens with one attached hydrogen (secondary N) is 1. The van der Waals surface area contributed by atoms with Gasteiger partial charge in [-0.05, 0) is 25.2 Å². The number of carboxylic acid groups (broad SMARTS) is 1. The van der Waals surface area contributed by atoms with Crippen LogP contribution in [0.5, 0.6) is 0 Å². The monoisotopic (exact) mass is 302 g/mol. The predicted octanol–water partition coefficient (Wildman–Crippen LogP) is 2.54. The molecule has 0 radical (unpaired) electrons. The second-order valence-corrected chi connectivity index (χ2v) is 4.85. The predicted molar refractivity (Wildman–Crippen MR) is 77.6 cm³/mol. The molecule has 0 aliphatic heterocycles. The molecule has 0 spiro atoms. The first-order chi connectivity index (χ1) is 9.49. The van der Waals surface area contributed by atoms with E-state index in [2.05, 4.69) is 10.2 Å². The average Bonchev–Trinajstić information content (AvgIpc) is 2.40. The molecular formula is C14H20ClFN2O2. The van der Waals surface area contributed by atoms with Crippen molar-refractivity contribution < 1.29 is 14.3 Å². The van der Waals surface area contributed by atoms with Gasteiger partial charge in [0.25, 0.3) is 0 Å². The molecule has 1 atom stereocenters. The molecule has 0 saturated heterocycles. The van der Waals surface area contributed by atoms with Gasteiger partial charge in [0, 0.05) is 23.7 Å². The highest BCUT2D eigenvalue weighted by molar-refractivity contribution is 6.30. The number of likely N-dealkylation sites (N-methyl/N-ethyl adjacent to an activating group) is 1. The Morgan fingerprint density at radius 1 is 1.45 bits per heavy atom. The number of aliphatic carboxylic acids is 1. The largest absolute Gasteiger partial charge is 0.480 e. The Hall–Kier alpha value is -1.17. The molecule has 4 nitrogen and oxygen atoms in total. The van der Waals surface area contributed by atoms with Crippen molar-refractivity contribution in [3.8, 4) is 0 Å². The third kappa shape index (κ3) is 4.74. The topological polar surface area (TPSA) is 52.6 Å². The molecule has 0 saturated carbocycles. The molecule has 20 heavy (non-hydrogen) atoms. The van der Waals surface area contributed by atoms with Gasteiger partial charge in [-0.25, -0.2) is 4.39 Å². The molecule has 0 aliphatic carbocycles. The first-order valence-corrected chi connectivity index (χ1v) is 7.00. The quantitative estimate of drug-likeness (QED) is 0.775. The highest BCUT2D eigenvalue weighted by atomic mass is 35.5. The summed E-state index contributed by atoms with van der Waals surface area (Å²) in [5.41, 5.74) is 0.0986. The van der Waals surface area contributed by atoms with Gasteiger partial charge in [-0.1, -0.05) is 31.5 Å². The third-order valence-corrected chi connectivity index (χ3v) is 3.43. The number of halogens is 2. The molecule has 112 valence electrons. The Labute approximate surface area is 123 Å². The number of rotatable bonds is 8.